The Morgan fingerprint density at radius 1 is 1.27 bits per heavy atom. The maximum atomic E-state index is 11.8. The molecule has 0 aromatic heterocycles. The first-order valence-electron chi connectivity index (χ1n) is 7.16. The molecule has 0 saturated carbocycles. The van der Waals surface area contributed by atoms with Crippen molar-refractivity contribution in [1.29, 1.82) is 0 Å². The van der Waals surface area contributed by atoms with Crippen molar-refractivity contribution in [1.82, 2.24) is 5.32 Å². The van der Waals surface area contributed by atoms with Crippen LogP contribution < -0.4 is 10.0 Å². The second-order valence-electron chi connectivity index (χ2n) is 5.46. The van der Waals surface area contributed by atoms with Crippen molar-refractivity contribution < 1.29 is 17.9 Å². The van der Waals surface area contributed by atoms with E-state index in [0.717, 1.165) is 11.8 Å². The Morgan fingerprint density at radius 2 is 1.95 bits per heavy atom. The smallest absolute Gasteiger partial charge is 0.229 e. The van der Waals surface area contributed by atoms with Crippen LogP contribution in [0.15, 0.2) is 24.3 Å². The minimum atomic E-state index is -3.32. The van der Waals surface area contributed by atoms with Crippen molar-refractivity contribution in [2.45, 2.75) is 39.3 Å². The van der Waals surface area contributed by atoms with Gasteiger partial charge in [-0.15, -0.1) is 0 Å². The van der Waals surface area contributed by atoms with Gasteiger partial charge in [-0.25, -0.2) is 8.42 Å². The molecule has 2 N–H and O–H groups in total. The molecule has 7 heteroatoms. The van der Waals surface area contributed by atoms with Gasteiger partial charge in [0.15, 0.2) is 0 Å². The summed E-state index contributed by atoms with van der Waals surface area (Å²) in [6.45, 7) is 6.06. The number of amides is 1. The van der Waals surface area contributed by atoms with Crippen LogP contribution in [-0.2, 0) is 19.6 Å². The van der Waals surface area contributed by atoms with Gasteiger partial charge in [0.25, 0.3) is 0 Å². The molecule has 1 aromatic rings. The molecule has 1 rings (SSSR count). The zero-order chi connectivity index (χ0) is 16.8. The third-order valence-corrected chi connectivity index (χ3v) is 3.45. The highest BCUT2D eigenvalue weighted by atomic mass is 32.2. The van der Waals surface area contributed by atoms with E-state index >= 15 is 0 Å². The number of carbonyl (C=O) groups is 1. The third-order valence-electron chi connectivity index (χ3n) is 2.85. The number of carbonyl (C=O) groups excluding carboxylic acids is 1. The lowest BCUT2D eigenvalue weighted by molar-refractivity contribution is -0.123. The maximum Gasteiger partial charge on any atom is 0.229 e. The Hall–Kier alpha value is -1.60. The molecule has 0 aliphatic carbocycles. The lowest BCUT2D eigenvalue weighted by Gasteiger charge is -2.16. The van der Waals surface area contributed by atoms with Crippen LogP contribution in [0.25, 0.3) is 0 Å². The number of sulfonamides is 1. The van der Waals surface area contributed by atoms with Gasteiger partial charge in [0.2, 0.25) is 15.9 Å². The van der Waals surface area contributed by atoms with Crippen LogP contribution in [0, 0.1) is 0 Å². The van der Waals surface area contributed by atoms with Crippen molar-refractivity contribution in [3.05, 3.63) is 29.8 Å². The molecule has 0 unspecified atom stereocenters. The van der Waals surface area contributed by atoms with Gasteiger partial charge >= 0.3 is 0 Å². The average molecular weight is 328 g/mol. The fourth-order valence-corrected chi connectivity index (χ4v) is 2.43. The zero-order valence-corrected chi connectivity index (χ0v) is 14.2. The van der Waals surface area contributed by atoms with Gasteiger partial charge in [0.05, 0.1) is 25.0 Å². The number of benzene rings is 1. The molecule has 1 atom stereocenters. The molecule has 0 aliphatic rings. The van der Waals surface area contributed by atoms with Crippen LogP contribution in [-0.4, -0.2) is 33.3 Å². The van der Waals surface area contributed by atoms with Crippen molar-refractivity contribution in [3.8, 4) is 0 Å². The average Bonchev–Trinajstić information content (AvgIpc) is 2.36. The molecule has 0 fully saturated rings. The molecule has 1 aromatic carbocycles. The quantitative estimate of drug-likeness (QED) is 0.765. The molecule has 0 spiro atoms. The lowest BCUT2D eigenvalue weighted by Crippen LogP contribution is -2.27. The second kappa shape index (κ2) is 8.14. The minimum absolute atomic E-state index is 0.101. The van der Waals surface area contributed by atoms with Crippen molar-refractivity contribution in [2.75, 3.05) is 17.6 Å². The summed E-state index contributed by atoms with van der Waals surface area (Å²) in [5.41, 5.74) is 1.30. The van der Waals surface area contributed by atoms with Crippen LogP contribution in [0.5, 0.6) is 0 Å². The molecule has 0 heterocycles. The molecule has 0 saturated heterocycles. The number of hydrogen-bond donors (Lipinski definition) is 2. The van der Waals surface area contributed by atoms with Crippen LogP contribution in [0.3, 0.4) is 0 Å². The summed E-state index contributed by atoms with van der Waals surface area (Å²) < 4.78 is 30.2. The summed E-state index contributed by atoms with van der Waals surface area (Å²) in [7, 11) is -3.32. The van der Waals surface area contributed by atoms with Crippen LogP contribution in [0.4, 0.5) is 5.69 Å². The summed E-state index contributed by atoms with van der Waals surface area (Å²) in [5, 5.41) is 2.86. The summed E-state index contributed by atoms with van der Waals surface area (Å²) in [4.78, 5) is 11.8. The number of rotatable bonds is 8. The largest absolute Gasteiger partial charge is 0.378 e. The molecule has 1 amide bonds. The van der Waals surface area contributed by atoms with E-state index in [9.17, 15) is 13.2 Å². The van der Waals surface area contributed by atoms with Gasteiger partial charge in [0, 0.05) is 12.1 Å². The van der Waals surface area contributed by atoms with Crippen LogP contribution in [0.2, 0.25) is 0 Å². The fraction of sp³-hybridized carbons (Fsp3) is 0.533. The van der Waals surface area contributed by atoms with E-state index in [1.807, 2.05) is 26.8 Å². The Morgan fingerprint density at radius 3 is 2.55 bits per heavy atom. The van der Waals surface area contributed by atoms with E-state index in [1.54, 1.807) is 18.2 Å². The standard InChI is InChI=1S/C15H24N2O4S/c1-11(2)21-9-8-15(18)16-12(3)13-6-5-7-14(10-13)17-22(4,19)20/h5-7,10-12,17H,8-9H2,1-4H3,(H,16,18)/t12-/m1/s1. The number of hydrogen-bond acceptors (Lipinski definition) is 4. The Balaban J connectivity index is 2.60. The van der Waals surface area contributed by atoms with Crippen molar-refractivity contribution in [3.63, 3.8) is 0 Å². The first-order chi connectivity index (χ1) is 10.2. The van der Waals surface area contributed by atoms with E-state index in [1.165, 1.54) is 0 Å². The summed E-state index contributed by atoms with van der Waals surface area (Å²) in [6.07, 6.45) is 1.49. The van der Waals surface area contributed by atoms with Crippen molar-refractivity contribution >= 4 is 21.6 Å². The number of nitrogens with one attached hydrogen (secondary N) is 2. The van der Waals surface area contributed by atoms with Gasteiger partial charge < -0.3 is 10.1 Å². The molecular weight excluding hydrogens is 304 g/mol. The molecule has 0 radical (unpaired) electrons. The maximum absolute atomic E-state index is 11.8. The van der Waals surface area contributed by atoms with E-state index in [2.05, 4.69) is 10.0 Å². The summed E-state index contributed by atoms with van der Waals surface area (Å²) >= 11 is 0. The van der Waals surface area contributed by atoms with E-state index in [0.29, 0.717) is 18.7 Å². The predicted molar refractivity (Wildman–Crippen MR) is 87.2 cm³/mol. The van der Waals surface area contributed by atoms with Gasteiger partial charge in [-0.1, -0.05) is 12.1 Å². The normalized spacial score (nSPS) is 13.0. The first-order valence-corrected chi connectivity index (χ1v) is 9.05. The second-order valence-corrected chi connectivity index (χ2v) is 7.21. The van der Waals surface area contributed by atoms with Gasteiger partial charge in [-0.3, -0.25) is 9.52 Å². The van der Waals surface area contributed by atoms with E-state index < -0.39 is 10.0 Å². The topological polar surface area (TPSA) is 84.5 Å². The van der Waals surface area contributed by atoms with Crippen molar-refractivity contribution in [2.24, 2.45) is 0 Å². The van der Waals surface area contributed by atoms with E-state index in [4.69, 9.17) is 4.74 Å². The highest BCUT2D eigenvalue weighted by Crippen LogP contribution is 2.18. The molecule has 124 valence electrons. The highest BCUT2D eigenvalue weighted by molar-refractivity contribution is 7.92. The fourth-order valence-electron chi connectivity index (χ4n) is 1.87. The zero-order valence-electron chi connectivity index (χ0n) is 13.4. The number of ether oxygens (including phenoxy) is 1. The summed E-state index contributed by atoms with van der Waals surface area (Å²) in [5.74, 6) is -0.102. The SMILES string of the molecule is CC(C)OCCC(=O)N[C@H](C)c1cccc(NS(C)(=O)=O)c1. The van der Waals surface area contributed by atoms with E-state index in [-0.39, 0.29) is 18.1 Å². The highest BCUT2D eigenvalue weighted by Gasteiger charge is 2.11. The summed E-state index contributed by atoms with van der Waals surface area (Å²) in [6, 6.07) is 6.73. The van der Waals surface area contributed by atoms with Gasteiger partial charge in [0.1, 0.15) is 0 Å². The van der Waals surface area contributed by atoms with Crippen LogP contribution >= 0.6 is 0 Å². The monoisotopic (exact) mass is 328 g/mol. The van der Waals surface area contributed by atoms with Gasteiger partial charge in [-0.05, 0) is 38.5 Å². The molecule has 6 nitrogen and oxygen atoms in total. The molecule has 0 bridgehead atoms. The molecule has 22 heavy (non-hydrogen) atoms. The Labute approximate surface area is 132 Å². The minimum Gasteiger partial charge on any atom is -0.378 e. The number of anilines is 1. The Bertz CT molecular complexity index is 599. The van der Waals surface area contributed by atoms with Gasteiger partial charge in [-0.2, -0.15) is 0 Å². The first kappa shape index (κ1) is 18.4. The van der Waals surface area contributed by atoms with Crippen LogP contribution in [0.1, 0.15) is 38.8 Å². The predicted octanol–water partition coefficient (Wildman–Crippen LogP) is 2.05. The lowest BCUT2D eigenvalue weighted by atomic mass is 10.1. The molecular formula is C15H24N2O4S. The molecule has 0 aliphatic heterocycles. The Kier molecular flexibility index (Phi) is 6.83. The third kappa shape index (κ3) is 7.42.